The van der Waals surface area contributed by atoms with Crippen molar-refractivity contribution in [2.75, 3.05) is 20.0 Å². The van der Waals surface area contributed by atoms with E-state index in [2.05, 4.69) is 62.2 Å². The Morgan fingerprint density at radius 2 is 1.71 bits per heavy atom. The van der Waals surface area contributed by atoms with E-state index < -0.39 is 7.26 Å². The number of nitrogens with zero attached hydrogens (tertiary/aromatic N) is 2. The van der Waals surface area contributed by atoms with Gasteiger partial charge >= 0.3 is 0 Å². The summed E-state index contributed by atoms with van der Waals surface area (Å²) in [6, 6.07) is 10.3. The first-order valence-corrected chi connectivity index (χ1v) is 10.2. The lowest BCUT2D eigenvalue weighted by Crippen LogP contribution is -2.12. The van der Waals surface area contributed by atoms with E-state index in [9.17, 15) is 0 Å². The van der Waals surface area contributed by atoms with Crippen LogP contribution in [0.2, 0.25) is 0 Å². The summed E-state index contributed by atoms with van der Waals surface area (Å²) >= 11 is 0. The number of benzene rings is 1. The Hall–Kier alpha value is -1.73. The highest BCUT2D eigenvalue weighted by Gasteiger charge is 2.24. The van der Waals surface area contributed by atoms with E-state index in [4.69, 9.17) is 4.98 Å². The quantitative estimate of drug-likeness (QED) is 0.858. The topological polar surface area (TPSA) is 41.6 Å². The van der Waals surface area contributed by atoms with Crippen molar-refractivity contribution >= 4 is 12.6 Å². The number of hydrogen-bond donors (Lipinski definition) is 1. The van der Waals surface area contributed by atoms with Crippen LogP contribution in [0.25, 0.3) is 11.3 Å². The van der Waals surface area contributed by atoms with Crippen molar-refractivity contribution in [3.05, 3.63) is 54.0 Å². The van der Waals surface area contributed by atoms with Gasteiger partial charge in [-0.05, 0) is 25.5 Å². The molecular weight excluding hydrogens is 277 g/mol. The molecule has 0 amide bonds. The van der Waals surface area contributed by atoms with Crippen LogP contribution >= 0.6 is 7.26 Å². The number of aromatic amines is 1. The van der Waals surface area contributed by atoms with Gasteiger partial charge in [-0.15, -0.1) is 0 Å². The summed E-state index contributed by atoms with van der Waals surface area (Å²) in [5, 5.41) is 8.48. The Morgan fingerprint density at radius 1 is 1.00 bits per heavy atom. The van der Waals surface area contributed by atoms with Crippen LogP contribution in [0.4, 0.5) is 0 Å². The second kappa shape index (κ2) is 6.36. The molecule has 21 heavy (non-hydrogen) atoms. The van der Waals surface area contributed by atoms with Crippen LogP contribution in [0.3, 0.4) is 0 Å². The van der Waals surface area contributed by atoms with Gasteiger partial charge in [-0.1, -0.05) is 24.3 Å². The number of aryl methyl sites for hydroxylation is 2. The van der Waals surface area contributed by atoms with E-state index in [1.807, 2.05) is 24.5 Å². The van der Waals surface area contributed by atoms with Gasteiger partial charge in [-0.3, -0.25) is 5.10 Å². The summed E-state index contributed by atoms with van der Waals surface area (Å²) in [6.45, 7) is 11.0. The molecule has 110 valence electrons. The fourth-order valence-corrected chi connectivity index (χ4v) is 3.72. The van der Waals surface area contributed by atoms with Gasteiger partial charge in [-0.2, -0.15) is 5.10 Å². The van der Waals surface area contributed by atoms with Gasteiger partial charge in [0, 0.05) is 19.0 Å². The summed E-state index contributed by atoms with van der Waals surface area (Å²) in [6.07, 6.45) is 3.75. The SMILES string of the molecule is Cc1ccccc1-c1cc[nH]ncc([P+](C)(C)C)c(C)n1. The normalized spacial score (nSPS) is 11.1. The van der Waals surface area contributed by atoms with Gasteiger partial charge < -0.3 is 0 Å². The zero-order chi connectivity index (χ0) is 15.5. The summed E-state index contributed by atoms with van der Waals surface area (Å²) in [5.74, 6) is 0. The molecule has 0 saturated carbocycles. The van der Waals surface area contributed by atoms with Crippen molar-refractivity contribution in [1.29, 1.82) is 0 Å². The van der Waals surface area contributed by atoms with Crippen molar-refractivity contribution in [2.24, 2.45) is 0 Å². The molecule has 4 heteroatoms. The molecule has 2 aromatic rings. The molecule has 0 spiro atoms. The van der Waals surface area contributed by atoms with E-state index in [-0.39, 0.29) is 0 Å². The van der Waals surface area contributed by atoms with Gasteiger partial charge in [0.2, 0.25) is 0 Å². The van der Waals surface area contributed by atoms with Crippen molar-refractivity contribution in [3.8, 4) is 11.3 Å². The molecule has 3 nitrogen and oxygen atoms in total. The van der Waals surface area contributed by atoms with E-state index in [1.165, 1.54) is 10.9 Å². The van der Waals surface area contributed by atoms with Gasteiger partial charge in [0.05, 0.1) is 37.6 Å². The summed E-state index contributed by atoms with van der Waals surface area (Å²) in [5.41, 5.74) is 4.39. The minimum Gasteiger partial charge on any atom is -0.286 e. The van der Waals surface area contributed by atoms with Crippen LogP contribution in [0.15, 0.2) is 42.7 Å². The van der Waals surface area contributed by atoms with Gasteiger partial charge in [-0.25, -0.2) is 4.98 Å². The minimum absolute atomic E-state index is 0.967. The standard InChI is InChI=1S/C17H23N3P/c1-13-8-6-7-9-15(13)16-10-11-18-19-12-17(14(2)20-16)21(3,4)5/h6-12,18H,1-5H3/q+1. The molecule has 1 heterocycles. The molecule has 1 N–H and O–H groups in total. The number of H-pyrrole nitrogens is 1. The fourth-order valence-electron chi connectivity index (χ4n) is 2.30. The molecule has 0 aliphatic heterocycles. The highest BCUT2D eigenvalue weighted by Crippen LogP contribution is 2.45. The van der Waals surface area contributed by atoms with Gasteiger partial charge in [0.25, 0.3) is 0 Å². The van der Waals surface area contributed by atoms with Crippen LogP contribution in [0.1, 0.15) is 11.3 Å². The second-order valence-corrected chi connectivity index (χ2v) is 10.5. The third-order valence-electron chi connectivity index (χ3n) is 3.38. The molecule has 1 aromatic heterocycles. The Kier molecular flexibility index (Phi) is 4.74. The van der Waals surface area contributed by atoms with Gasteiger partial charge in [0.15, 0.2) is 0 Å². The Labute approximate surface area is 127 Å². The van der Waals surface area contributed by atoms with E-state index in [0.29, 0.717) is 0 Å². The van der Waals surface area contributed by atoms with Crippen molar-refractivity contribution in [3.63, 3.8) is 0 Å². The molecular formula is C17H23N3P+. The molecule has 1 aromatic carbocycles. The van der Waals surface area contributed by atoms with Crippen molar-refractivity contribution in [1.82, 2.24) is 15.2 Å². The first kappa shape index (κ1) is 15.7. The molecule has 0 bridgehead atoms. The minimum atomic E-state index is -1.19. The van der Waals surface area contributed by atoms with Gasteiger partial charge in [0.1, 0.15) is 5.30 Å². The number of aromatic nitrogens is 3. The lowest BCUT2D eigenvalue weighted by molar-refractivity contribution is 1.05. The molecule has 0 radical (unpaired) electrons. The van der Waals surface area contributed by atoms with Crippen LogP contribution in [0, 0.1) is 13.8 Å². The van der Waals surface area contributed by atoms with E-state index in [0.717, 1.165) is 17.0 Å². The van der Waals surface area contributed by atoms with Crippen LogP contribution in [-0.2, 0) is 0 Å². The fraction of sp³-hybridized carbons (Fsp3) is 0.294. The molecule has 0 saturated heterocycles. The molecule has 0 aliphatic rings. The maximum Gasteiger partial charge on any atom is 0.134 e. The predicted octanol–water partition coefficient (Wildman–Crippen LogP) is 3.75. The summed E-state index contributed by atoms with van der Waals surface area (Å²) in [4.78, 5) is 4.88. The molecule has 0 unspecified atom stereocenters. The lowest BCUT2D eigenvalue weighted by atomic mass is 10.1. The third-order valence-corrected chi connectivity index (χ3v) is 5.26. The van der Waals surface area contributed by atoms with Crippen molar-refractivity contribution in [2.45, 2.75) is 13.8 Å². The average molecular weight is 300 g/mol. The highest BCUT2D eigenvalue weighted by atomic mass is 31.2. The zero-order valence-corrected chi connectivity index (χ0v) is 14.3. The largest absolute Gasteiger partial charge is 0.286 e. The maximum atomic E-state index is 4.88. The Morgan fingerprint density at radius 3 is 2.38 bits per heavy atom. The molecule has 0 aliphatic carbocycles. The third kappa shape index (κ3) is 3.89. The van der Waals surface area contributed by atoms with E-state index >= 15 is 0 Å². The first-order valence-electron chi connectivity index (χ1n) is 7.02. The van der Waals surface area contributed by atoms with E-state index in [1.54, 1.807) is 0 Å². The van der Waals surface area contributed by atoms with Crippen LogP contribution in [-0.4, -0.2) is 35.2 Å². The monoisotopic (exact) mass is 300 g/mol. The summed E-state index contributed by atoms with van der Waals surface area (Å²) in [7, 11) is -1.19. The number of nitrogens with one attached hydrogen (secondary N) is 1. The average Bonchev–Trinajstić information content (AvgIpc) is 2.49. The predicted molar refractivity (Wildman–Crippen MR) is 93.2 cm³/mol. The highest BCUT2D eigenvalue weighted by molar-refractivity contribution is 7.81. The lowest BCUT2D eigenvalue weighted by Gasteiger charge is -2.11. The Bertz CT molecular complexity index is 683. The van der Waals surface area contributed by atoms with Crippen molar-refractivity contribution < 1.29 is 0 Å². The van der Waals surface area contributed by atoms with Crippen LogP contribution in [0.5, 0.6) is 0 Å². The summed E-state index contributed by atoms with van der Waals surface area (Å²) < 4.78 is 0. The number of hydrogen-bond acceptors (Lipinski definition) is 2. The zero-order valence-electron chi connectivity index (χ0n) is 13.4. The molecule has 2 rings (SSSR count). The Balaban J connectivity index is 2.73. The maximum absolute atomic E-state index is 4.88. The smallest absolute Gasteiger partial charge is 0.134 e. The first-order chi connectivity index (χ1) is 9.89. The van der Waals surface area contributed by atoms with Crippen LogP contribution < -0.4 is 5.30 Å². The molecule has 0 fully saturated rings. The molecule has 0 atom stereocenters. The number of rotatable bonds is 2. The second-order valence-electron chi connectivity index (χ2n) is 6.02.